The van der Waals surface area contributed by atoms with E-state index >= 15 is 0 Å². The van der Waals surface area contributed by atoms with Crippen LogP contribution >= 0.6 is 0 Å². The maximum Gasteiger partial charge on any atom is 0.341 e. The van der Waals surface area contributed by atoms with Crippen LogP contribution in [0.5, 0.6) is 5.75 Å². The van der Waals surface area contributed by atoms with Crippen LogP contribution in [0.3, 0.4) is 0 Å². The third-order valence-electron chi connectivity index (χ3n) is 6.78. The molecule has 178 valence electrons. The molecular formula is C29H28N2O4. The lowest BCUT2D eigenvalue weighted by molar-refractivity contribution is -0.139. The fourth-order valence-corrected chi connectivity index (χ4v) is 5.27. The van der Waals surface area contributed by atoms with Gasteiger partial charge in [-0.2, -0.15) is 0 Å². The molecule has 1 atom stereocenters. The molecule has 0 spiro atoms. The van der Waals surface area contributed by atoms with Gasteiger partial charge in [0.25, 0.3) is 0 Å². The second-order valence-corrected chi connectivity index (χ2v) is 9.05. The Bertz CT molecular complexity index is 1390. The molecule has 0 radical (unpaired) electrons. The van der Waals surface area contributed by atoms with E-state index in [1.807, 2.05) is 30.3 Å². The number of hydrogen-bond donors (Lipinski definition) is 2. The van der Waals surface area contributed by atoms with Crippen molar-refractivity contribution in [3.63, 3.8) is 0 Å². The topological polar surface area (TPSA) is 94.6 Å². The van der Waals surface area contributed by atoms with Crippen LogP contribution in [-0.2, 0) is 22.6 Å². The Kier molecular flexibility index (Phi) is 6.27. The first-order chi connectivity index (χ1) is 17.0. The van der Waals surface area contributed by atoms with E-state index in [0.717, 1.165) is 58.1 Å². The van der Waals surface area contributed by atoms with Crippen LogP contribution in [0.25, 0.3) is 22.0 Å². The summed E-state index contributed by atoms with van der Waals surface area (Å²) in [5.41, 5.74) is 12.2. The molecule has 3 N–H and O–H groups in total. The summed E-state index contributed by atoms with van der Waals surface area (Å²) in [7, 11) is 0. The molecule has 0 bridgehead atoms. The summed E-state index contributed by atoms with van der Waals surface area (Å²) in [6, 6.07) is 24.4. The fraction of sp³-hybridized carbons (Fsp3) is 0.241. The number of carbonyl (C=O) groups is 2. The first-order valence-corrected chi connectivity index (χ1v) is 11.9. The molecule has 0 aliphatic heterocycles. The van der Waals surface area contributed by atoms with Gasteiger partial charge in [-0.1, -0.05) is 61.0 Å². The van der Waals surface area contributed by atoms with Gasteiger partial charge in [0.15, 0.2) is 6.61 Å². The van der Waals surface area contributed by atoms with E-state index in [-0.39, 0.29) is 5.91 Å². The van der Waals surface area contributed by atoms with Crippen molar-refractivity contribution in [1.29, 1.82) is 0 Å². The molecule has 1 amide bonds. The van der Waals surface area contributed by atoms with E-state index in [0.29, 0.717) is 18.7 Å². The number of carboxylic acids is 1. The average Bonchev–Trinajstić information content (AvgIpc) is 3.01. The molecule has 3 aromatic carbocycles. The maximum absolute atomic E-state index is 12.5. The number of nitrogens with two attached hydrogens (primary N) is 1. The van der Waals surface area contributed by atoms with E-state index in [2.05, 4.69) is 41.0 Å². The number of ether oxygens (including phenoxy) is 1. The minimum atomic E-state index is -1.04. The van der Waals surface area contributed by atoms with Gasteiger partial charge in [-0.3, -0.25) is 4.79 Å². The van der Waals surface area contributed by atoms with Crippen molar-refractivity contribution in [2.75, 3.05) is 6.61 Å². The Labute approximate surface area is 203 Å². The van der Waals surface area contributed by atoms with Crippen LogP contribution in [0, 0.1) is 0 Å². The lowest BCUT2D eigenvalue weighted by Crippen LogP contribution is -2.21. The van der Waals surface area contributed by atoms with Crippen molar-refractivity contribution < 1.29 is 19.4 Å². The number of aromatic nitrogens is 1. The minimum Gasteiger partial charge on any atom is -0.481 e. The van der Waals surface area contributed by atoms with Gasteiger partial charge in [-0.05, 0) is 59.7 Å². The first-order valence-electron chi connectivity index (χ1n) is 11.9. The zero-order valence-electron chi connectivity index (χ0n) is 19.4. The van der Waals surface area contributed by atoms with Crippen LogP contribution in [0.15, 0.2) is 72.8 Å². The lowest BCUT2D eigenvalue weighted by Gasteiger charge is -2.14. The number of primary amides is 1. The van der Waals surface area contributed by atoms with Crippen LogP contribution in [0.4, 0.5) is 0 Å². The Morgan fingerprint density at radius 1 is 0.971 bits per heavy atom. The number of rotatable bonds is 7. The normalized spacial score (nSPS) is 15.4. The standard InChI is InChI=1S/C29H28N2O4/c30-29(34)22-12-4-5-13-23-27(22)28-24(14-7-15-25(28)35-18-26(32)33)31(23)17-19-8-6-11-21(16-19)20-9-2-1-3-10-20/h1-3,6-11,14-16,22H,4-5,12-13,17-18H2,(H2,30,34)(H,32,33). The molecule has 6 heteroatoms. The van der Waals surface area contributed by atoms with Crippen molar-refractivity contribution in [3.05, 3.63) is 89.6 Å². The van der Waals surface area contributed by atoms with Crippen LogP contribution in [0.1, 0.15) is 42.0 Å². The second kappa shape index (κ2) is 9.66. The van der Waals surface area contributed by atoms with Gasteiger partial charge in [0.05, 0.1) is 11.4 Å². The minimum absolute atomic E-state index is 0.355. The number of carboxylic acid groups (broad SMARTS) is 1. The second-order valence-electron chi connectivity index (χ2n) is 9.05. The number of benzene rings is 3. The first kappa shape index (κ1) is 22.7. The molecule has 0 saturated heterocycles. The van der Waals surface area contributed by atoms with Crippen LogP contribution in [-0.4, -0.2) is 28.2 Å². The molecule has 0 fully saturated rings. The summed E-state index contributed by atoms with van der Waals surface area (Å²) in [6.07, 6.45) is 3.37. The molecule has 1 aromatic heterocycles. The Morgan fingerprint density at radius 2 is 1.74 bits per heavy atom. The number of fused-ring (bicyclic) bond motifs is 3. The summed E-state index contributed by atoms with van der Waals surface area (Å²) in [6.45, 7) is 0.180. The van der Waals surface area contributed by atoms with E-state index in [4.69, 9.17) is 10.5 Å². The Morgan fingerprint density at radius 3 is 2.51 bits per heavy atom. The molecule has 1 unspecified atom stereocenters. The highest BCUT2D eigenvalue weighted by atomic mass is 16.5. The molecular weight excluding hydrogens is 440 g/mol. The lowest BCUT2D eigenvalue weighted by atomic mass is 9.92. The van der Waals surface area contributed by atoms with Crippen molar-refractivity contribution in [1.82, 2.24) is 4.57 Å². The number of carbonyl (C=O) groups excluding carboxylic acids is 1. The summed E-state index contributed by atoms with van der Waals surface area (Å²) < 4.78 is 7.94. The third kappa shape index (κ3) is 4.52. The van der Waals surface area contributed by atoms with Gasteiger partial charge in [-0.15, -0.1) is 0 Å². The summed E-state index contributed by atoms with van der Waals surface area (Å²) in [5, 5.41) is 9.99. The summed E-state index contributed by atoms with van der Waals surface area (Å²) in [5.74, 6) is -1.35. The number of hydrogen-bond acceptors (Lipinski definition) is 3. The van der Waals surface area contributed by atoms with E-state index in [1.165, 1.54) is 0 Å². The van der Waals surface area contributed by atoms with Gasteiger partial charge >= 0.3 is 5.97 Å². The van der Waals surface area contributed by atoms with E-state index < -0.39 is 18.5 Å². The molecule has 0 saturated carbocycles. The average molecular weight is 469 g/mol. The highest BCUT2D eigenvalue weighted by Gasteiger charge is 2.31. The highest BCUT2D eigenvalue weighted by Crippen LogP contribution is 2.42. The zero-order chi connectivity index (χ0) is 24.4. The molecule has 6 nitrogen and oxygen atoms in total. The van der Waals surface area contributed by atoms with Gasteiger partial charge in [0.2, 0.25) is 5.91 Å². The molecule has 4 aromatic rings. The van der Waals surface area contributed by atoms with Crippen LogP contribution < -0.4 is 10.5 Å². The Hall–Kier alpha value is -4.06. The number of aliphatic carboxylic acids is 1. The number of amides is 1. The van der Waals surface area contributed by atoms with E-state index in [9.17, 15) is 14.7 Å². The van der Waals surface area contributed by atoms with Crippen molar-refractivity contribution in [2.24, 2.45) is 5.73 Å². The maximum atomic E-state index is 12.5. The SMILES string of the molecule is NC(=O)C1CCCCc2c1c1c(OCC(=O)O)cccc1n2Cc1cccc(-c2ccccc2)c1. The third-order valence-corrected chi connectivity index (χ3v) is 6.78. The number of nitrogens with zero attached hydrogens (tertiary/aromatic N) is 1. The van der Waals surface area contributed by atoms with Crippen molar-refractivity contribution in [2.45, 2.75) is 38.1 Å². The molecule has 1 aliphatic rings. The highest BCUT2D eigenvalue weighted by molar-refractivity contribution is 5.97. The fourth-order valence-electron chi connectivity index (χ4n) is 5.27. The predicted molar refractivity (Wildman–Crippen MR) is 136 cm³/mol. The van der Waals surface area contributed by atoms with Gasteiger partial charge in [0.1, 0.15) is 5.75 Å². The summed E-state index contributed by atoms with van der Waals surface area (Å²) in [4.78, 5) is 23.8. The predicted octanol–water partition coefficient (Wildman–Crippen LogP) is 5.12. The quantitative estimate of drug-likeness (QED) is 0.368. The van der Waals surface area contributed by atoms with E-state index in [1.54, 1.807) is 6.07 Å². The smallest absolute Gasteiger partial charge is 0.341 e. The largest absolute Gasteiger partial charge is 0.481 e. The van der Waals surface area contributed by atoms with Gasteiger partial charge in [0, 0.05) is 17.6 Å². The van der Waals surface area contributed by atoms with Crippen molar-refractivity contribution in [3.8, 4) is 16.9 Å². The molecule has 1 aliphatic carbocycles. The van der Waals surface area contributed by atoms with Crippen LogP contribution in [0.2, 0.25) is 0 Å². The summed E-state index contributed by atoms with van der Waals surface area (Å²) >= 11 is 0. The monoisotopic (exact) mass is 468 g/mol. The Balaban J connectivity index is 1.66. The molecule has 1 heterocycles. The molecule has 5 rings (SSSR count). The van der Waals surface area contributed by atoms with Gasteiger partial charge in [-0.25, -0.2) is 4.79 Å². The zero-order valence-corrected chi connectivity index (χ0v) is 19.4. The van der Waals surface area contributed by atoms with Gasteiger partial charge < -0.3 is 20.1 Å². The van der Waals surface area contributed by atoms with Crippen molar-refractivity contribution >= 4 is 22.8 Å². The molecule has 35 heavy (non-hydrogen) atoms.